The zero-order chi connectivity index (χ0) is 15.3. The Hall–Kier alpha value is -1.88. The Balaban J connectivity index is 2.18. The summed E-state index contributed by atoms with van der Waals surface area (Å²) in [5.74, 6) is 0. The van der Waals surface area contributed by atoms with Gasteiger partial charge < -0.3 is 5.32 Å². The van der Waals surface area contributed by atoms with E-state index in [9.17, 15) is 13.2 Å². The first-order chi connectivity index (χ1) is 10.0. The monoisotopic (exact) mass is 294 g/mol. The van der Waals surface area contributed by atoms with Crippen molar-refractivity contribution in [2.24, 2.45) is 0 Å². The molecular formula is C16H17F3N2. The van der Waals surface area contributed by atoms with Crippen LogP contribution in [0.3, 0.4) is 0 Å². The minimum Gasteiger partial charge on any atom is -0.309 e. The summed E-state index contributed by atoms with van der Waals surface area (Å²) in [4.78, 5) is 3.98. The van der Waals surface area contributed by atoms with E-state index < -0.39 is 11.7 Å². The van der Waals surface area contributed by atoms with Gasteiger partial charge in [-0.2, -0.15) is 13.2 Å². The maximum absolute atomic E-state index is 12.6. The molecular weight excluding hydrogens is 277 g/mol. The predicted octanol–water partition coefficient (Wildman–Crippen LogP) is 3.99. The maximum atomic E-state index is 12.6. The lowest BCUT2D eigenvalue weighted by Crippen LogP contribution is -2.24. The van der Waals surface area contributed by atoms with Crippen molar-refractivity contribution in [1.29, 1.82) is 0 Å². The second-order valence-corrected chi connectivity index (χ2v) is 4.77. The number of aromatic nitrogens is 1. The minimum absolute atomic E-state index is 0.0975. The number of halogens is 3. The van der Waals surface area contributed by atoms with Gasteiger partial charge in [0.05, 0.1) is 17.3 Å². The fraction of sp³-hybridized carbons (Fsp3) is 0.312. The van der Waals surface area contributed by atoms with Crippen LogP contribution in [-0.4, -0.2) is 11.5 Å². The standard InChI is InChI=1S/C16H17F3N2/c1-2-20-15(10-12-6-4-3-5-7-12)14-9-8-13(11-21-14)16(17,18)19/h3-9,11,15,20H,2,10H2,1H3. The Kier molecular flexibility index (Phi) is 4.96. The van der Waals surface area contributed by atoms with Crippen LogP contribution in [0, 0.1) is 0 Å². The molecule has 2 aromatic rings. The molecule has 0 amide bonds. The molecule has 0 aliphatic rings. The molecule has 0 spiro atoms. The highest BCUT2D eigenvalue weighted by atomic mass is 19.4. The van der Waals surface area contributed by atoms with E-state index in [1.165, 1.54) is 6.07 Å². The zero-order valence-corrected chi connectivity index (χ0v) is 11.7. The van der Waals surface area contributed by atoms with Crippen molar-refractivity contribution in [3.63, 3.8) is 0 Å². The van der Waals surface area contributed by atoms with Gasteiger partial charge in [0.1, 0.15) is 0 Å². The fourth-order valence-corrected chi connectivity index (χ4v) is 2.16. The molecule has 112 valence electrons. The van der Waals surface area contributed by atoms with E-state index in [1.807, 2.05) is 37.3 Å². The van der Waals surface area contributed by atoms with E-state index in [1.54, 1.807) is 0 Å². The Bertz CT molecular complexity index is 550. The van der Waals surface area contributed by atoms with Crippen molar-refractivity contribution >= 4 is 0 Å². The van der Waals surface area contributed by atoms with Crippen LogP contribution in [0.15, 0.2) is 48.7 Å². The molecule has 0 saturated heterocycles. The van der Waals surface area contributed by atoms with Crippen molar-refractivity contribution in [2.75, 3.05) is 6.54 Å². The third kappa shape index (κ3) is 4.29. The number of nitrogens with zero attached hydrogens (tertiary/aromatic N) is 1. The van der Waals surface area contributed by atoms with Crippen molar-refractivity contribution in [2.45, 2.75) is 25.6 Å². The highest BCUT2D eigenvalue weighted by Gasteiger charge is 2.30. The molecule has 0 saturated carbocycles. The molecule has 1 heterocycles. The molecule has 0 fully saturated rings. The van der Waals surface area contributed by atoms with Crippen LogP contribution in [0.2, 0.25) is 0 Å². The predicted molar refractivity (Wildman–Crippen MR) is 75.8 cm³/mol. The molecule has 5 heteroatoms. The summed E-state index contributed by atoms with van der Waals surface area (Å²) < 4.78 is 37.7. The van der Waals surface area contributed by atoms with Crippen molar-refractivity contribution in [3.8, 4) is 0 Å². The molecule has 1 N–H and O–H groups in total. The average Bonchev–Trinajstić information content (AvgIpc) is 2.47. The first-order valence-electron chi connectivity index (χ1n) is 6.81. The second kappa shape index (κ2) is 6.72. The molecule has 0 aliphatic heterocycles. The van der Waals surface area contributed by atoms with Gasteiger partial charge in [-0.05, 0) is 30.7 Å². The van der Waals surface area contributed by atoms with Crippen LogP contribution in [0.4, 0.5) is 13.2 Å². The topological polar surface area (TPSA) is 24.9 Å². The molecule has 0 aliphatic carbocycles. The summed E-state index contributed by atoms with van der Waals surface area (Å²) >= 11 is 0. The summed E-state index contributed by atoms with van der Waals surface area (Å²) in [6.07, 6.45) is -2.77. The van der Waals surface area contributed by atoms with Gasteiger partial charge in [0, 0.05) is 6.20 Å². The zero-order valence-electron chi connectivity index (χ0n) is 11.7. The Morgan fingerprint density at radius 2 is 1.81 bits per heavy atom. The molecule has 21 heavy (non-hydrogen) atoms. The number of hydrogen-bond acceptors (Lipinski definition) is 2. The van der Waals surface area contributed by atoms with Gasteiger partial charge in [-0.1, -0.05) is 37.3 Å². The van der Waals surface area contributed by atoms with E-state index in [4.69, 9.17) is 0 Å². The molecule has 1 aromatic heterocycles. The molecule has 1 unspecified atom stereocenters. The number of nitrogens with one attached hydrogen (secondary N) is 1. The Labute approximate surface area is 122 Å². The fourth-order valence-electron chi connectivity index (χ4n) is 2.16. The van der Waals surface area contributed by atoms with Gasteiger partial charge in [-0.15, -0.1) is 0 Å². The van der Waals surface area contributed by atoms with Crippen LogP contribution >= 0.6 is 0 Å². The van der Waals surface area contributed by atoms with E-state index in [2.05, 4.69) is 10.3 Å². The SMILES string of the molecule is CCNC(Cc1ccccc1)c1ccc(C(F)(F)F)cn1. The largest absolute Gasteiger partial charge is 0.417 e. The van der Waals surface area contributed by atoms with Crippen LogP contribution < -0.4 is 5.32 Å². The van der Waals surface area contributed by atoms with Gasteiger partial charge in [-0.25, -0.2) is 0 Å². The normalized spacial score (nSPS) is 13.1. The first-order valence-corrected chi connectivity index (χ1v) is 6.81. The van der Waals surface area contributed by atoms with Gasteiger partial charge in [0.25, 0.3) is 0 Å². The number of likely N-dealkylation sites (N-methyl/N-ethyl adjacent to an activating group) is 1. The third-order valence-electron chi connectivity index (χ3n) is 3.20. The van der Waals surface area contributed by atoms with Gasteiger partial charge >= 0.3 is 6.18 Å². The number of benzene rings is 1. The Morgan fingerprint density at radius 1 is 1.10 bits per heavy atom. The van der Waals surface area contributed by atoms with Crippen LogP contribution in [0.25, 0.3) is 0 Å². The van der Waals surface area contributed by atoms with Crippen LogP contribution in [0.5, 0.6) is 0 Å². The minimum atomic E-state index is -4.35. The van der Waals surface area contributed by atoms with Gasteiger partial charge in [-0.3, -0.25) is 4.98 Å². The smallest absolute Gasteiger partial charge is 0.309 e. The molecule has 2 rings (SSSR count). The van der Waals surface area contributed by atoms with Crippen molar-refractivity contribution < 1.29 is 13.2 Å². The summed E-state index contributed by atoms with van der Waals surface area (Å²) in [5.41, 5.74) is 1.01. The summed E-state index contributed by atoms with van der Waals surface area (Å²) in [6.45, 7) is 2.68. The highest BCUT2D eigenvalue weighted by Crippen LogP contribution is 2.29. The lowest BCUT2D eigenvalue weighted by Gasteiger charge is -2.18. The van der Waals surface area contributed by atoms with E-state index in [-0.39, 0.29) is 6.04 Å². The number of pyridine rings is 1. The average molecular weight is 294 g/mol. The molecule has 0 bridgehead atoms. The molecule has 0 radical (unpaired) electrons. The van der Waals surface area contributed by atoms with Gasteiger partial charge in [0.2, 0.25) is 0 Å². The summed E-state index contributed by atoms with van der Waals surface area (Å²) in [5, 5.41) is 3.26. The van der Waals surface area contributed by atoms with E-state index >= 15 is 0 Å². The van der Waals surface area contributed by atoms with E-state index in [0.717, 1.165) is 24.4 Å². The van der Waals surface area contributed by atoms with Crippen molar-refractivity contribution in [3.05, 3.63) is 65.5 Å². The molecule has 2 nitrogen and oxygen atoms in total. The molecule has 1 aromatic carbocycles. The second-order valence-electron chi connectivity index (χ2n) is 4.77. The number of hydrogen-bond donors (Lipinski definition) is 1. The molecule has 1 atom stereocenters. The summed E-state index contributed by atoms with van der Waals surface area (Å²) in [7, 11) is 0. The number of alkyl halides is 3. The van der Waals surface area contributed by atoms with E-state index in [0.29, 0.717) is 12.1 Å². The van der Waals surface area contributed by atoms with Gasteiger partial charge in [0.15, 0.2) is 0 Å². The lowest BCUT2D eigenvalue weighted by molar-refractivity contribution is -0.137. The highest BCUT2D eigenvalue weighted by molar-refractivity contribution is 5.22. The quantitative estimate of drug-likeness (QED) is 0.901. The lowest BCUT2D eigenvalue weighted by atomic mass is 10.0. The number of rotatable bonds is 5. The summed E-state index contributed by atoms with van der Waals surface area (Å²) in [6, 6.07) is 12.2. The van der Waals surface area contributed by atoms with Crippen LogP contribution in [-0.2, 0) is 12.6 Å². The first kappa shape index (κ1) is 15.5. The van der Waals surface area contributed by atoms with Crippen LogP contribution in [0.1, 0.15) is 29.8 Å². The third-order valence-corrected chi connectivity index (χ3v) is 3.20. The maximum Gasteiger partial charge on any atom is 0.417 e. The Morgan fingerprint density at radius 3 is 2.33 bits per heavy atom. The van der Waals surface area contributed by atoms with Crippen molar-refractivity contribution in [1.82, 2.24) is 10.3 Å².